The van der Waals surface area contributed by atoms with Crippen LogP contribution in [-0.2, 0) is 4.74 Å². The van der Waals surface area contributed by atoms with E-state index in [4.69, 9.17) is 10.5 Å². The van der Waals surface area contributed by atoms with Crippen LogP contribution in [0, 0.1) is 5.92 Å². The van der Waals surface area contributed by atoms with Crippen molar-refractivity contribution >= 4 is 0 Å². The van der Waals surface area contributed by atoms with Crippen LogP contribution in [0.2, 0.25) is 0 Å². The van der Waals surface area contributed by atoms with E-state index in [0.717, 1.165) is 13.0 Å². The van der Waals surface area contributed by atoms with Crippen LogP contribution in [0.3, 0.4) is 0 Å². The summed E-state index contributed by atoms with van der Waals surface area (Å²) in [6.45, 7) is 9.12. The Morgan fingerprint density at radius 2 is 1.82 bits per heavy atom. The van der Waals surface area contributed by atoms with E-state index in [-0.39, 0.29) is 12.1 Å². The van der Waals surface area contributed by atoms with Gasteiger partial charge in [0.2, 0.25) is 0 Å². The van der Waals surface area contributed by atoms with E-state index in [1.54, 1.807) is 0 Å². The molecule has 11 heavy (non-hydrogen) atoms. The summed E-state index contributed by atoms with van der Waals surface area (Å²) in [5.41, 5.74) is 5.93. The highest BCUT2D eigenvalue weighted by Gasteiger charge is 2.17. The molecule has 0 aliphatic rings. The lowest BCUT2D eigenvalue weighted by Crippen LogP contribution is -2.39. The van der Waals surface area contributed by atoms with Gasteiger partial charge in [-0.2, -0.15) is 0 Å². The van der Waals surface area contributed by atoms with Crippen LogP contribution in [0.25, 0.3) is 0 Å². The van der Waals surface area contributed by atoms with Crippen LogP contribution >= 0.6 is 0 Å². The second kappa shape index (κ2) is 5.56. The Hall–Kier alpha value is -0.0800. The van der Waals surface area contributed by atoms with Crippen LogP contribution in [0.4, 0.5) is 0 Å². The molecule has 0 spiro atoms. The van der Waals surface area contributed by atoms with Gasteiger partial charge in [0.25, 0.3) is 0 Å². The Kier molecular flexibility index (Phi) is 5.51. The first-order valence-corrected chi connectivity index (χ1v) is 4.50. The standard InChI is InChI=1S/C9H21NO/c1-5-7(3)9(10)8(4)11-6-2/h7-9H,5-6,10H2,1-4H3. The van der Waals surface area contributed by atoms with Crippen molar-refractivity contribution in [1.29, 1.82) is 0 Å². The normalized spacial score (nSPS) is 19.4. The third-order valence-corrected chi connectivity index (χ3v) is 2.27. The van der Waals surface area contributed by atoms with Gasteiger partial charge in [0.05, 0.1) is 6.10 Å². The summed E-state index contributed by atoms with van der Waals surface area (Å²) < 4.78 is 5.40. The molecule has 0 aliphatic heterocycles. The molecule has 0 bridgehead atoms. The van der Waals surface area contributed by atoms with Crippen molar-refractivity contribution in [3.63, 3.8) is 0 Å². The third kappa shape index (κ3) is 3.73. The molecule has 2 nitrogen and oxygen atoms in total. The SMILES string of the molecule is CCOC(C)C(N)C(C)CC. The van der Waals surface area contributed by atoms with E-state index in [0.29, 0.717) is 5.92 Å². The minimum atomic E-state index is 0.181. The maximum atomic E-state index is 5.93. The van der Waals surface area contributed by atoms with E-state index in [1.165, 1.54) is 0 Å². The van der Waals surface area contributed by atoms with Gasteiger partial charge in [-0.3, -0.25) is 0 Å². The largest absolute Gasteiger partial charge is 0.377 e. The van der Waals surface area contributed by atoms with E-state index in [1.807, 2.05) is 13.8 Å². The molecular formula is C9H21NO. The quantitative estimate of drug-likeness (QED) is 0.663. The van der Waals surface area contributed by atoms with Crippen molar-refractivity contribution in [2.75, 3.05) is 6.61 Å². The van der Waals surface area contributed by atoms with E-state index in [2.05, 4.69) is 13.8 Å². The molecule has 0 rings (SSSR count). The lowest BCUT2D eigenvalue weighted by molar-refractivity contribution is 0.0438. The summed E-state index contributed by atoms with van der Waals surface area (Å²) in [4.78, 5) is 0. The average Bonchev–Trinajstić information content (AvgIpc) is 2.02. The van der Waals surface area contributed by atoms with Gasteiger partial charge in [-0.1, -0.05) is 20.3 Å². The molecule has 3 unspecified atom stereocenters. The summed E-state index contributed by atoms with van der Waals surface area (Å²) in [5, 5.41) is 0. The highest BCUT2D eigenvalue weighted by Crippen LogP contribution is 2.10. The summed E-state index contributed by atoms with van der Waals surface area (Å²) in [6.07, 6.45) is 1.31. The van der Waals surface area contributed by atoms with Crippen LogP contribution in [-0.4, -0.2) is 18.8 Å². The molecule has 0 aliphatic carbocycles. The first kappa shape index (κ1) is 10.9. The minimum Gasteiger partial charge on any atom is -0.377 e. The number of nitrogens with two attached hydrogens (primary N) is 1. The second-order valence-corrected chi connectivity index (χ2v) is 3.12. The van der Waals surface area contributed by atoms with Gasteiger partial charge in [-0.25, -0.2) is 0 Å². The topological polar surface area (TPSA) is 35.2 Å². The molecule has 0 saturated heterocycles. The van der Waals surface area contributed by atoms with Crippen molar-refractivity contribution in [3.8, 4) is 0 Å². The van der Waals surface area contributed by atoms with Gasteiger partial charge in [0, 0.05) is 12.6 Å². The molecule has 2 N–H and O–H groups in total. The predicted octanol–water partition coefficient (Wildman–Crippen LogP) is 1.78. The molecule has 0 amide bonds. The number of ether oxygens (including phenoxy) is 1. The highest BCUT2D eigenvalue weighted by molar-refractivity contribution is 4.74. The number of hydrogen-bond donors (Lipinski definition) is 1. The van der Waals surface area contributed by atoms with Crippen LogP contribution in [0.15, 0.2) is 0 Å². The Bertz CT molecular complexity index is 95.6. The van der Waals surface area contributed by atoms with Crippen molar-refractivity contribution in [3.05, 3.63) is 0 Å². The fraction of sp³-hybridized carbons (Fsp3) is 1.00. The number of hydrogen-bond acceptors (Lipinski definition) is 2. The summed E-state index contributed by atoms with van der Waals surface area (Å²) in [6, 6.07) is 0.181. The molecule has 0 heterocycles. The molecule has 0 fully saturated rings. The molecule has 0 aromatic carbocycles. The molecule has 0 aromatic rings. The van der Waals surface area contributed by atoms with Crippen molar-refractivity contribution < 1.29 is 4.74 Å². The van der Waals surface area contributed by atoms with Gasteiger partial charge < -0.3 is 10.5 Å². The summed E-state index contributed by atoms with van der Waals surface area (Å²) in [7, 11) is 0. The Morgan fingerprint density at radius 1 is 1.27 bits per heavy atom. The van der Waals surface area contributed by atoms with Gasteiger partial charge in [-0.05, 0) is 19.8 Å². The summed E-state index contributed by atoms with van der Waals surface area (Å²) in [5.74, 6) is 0.552. The number of rotatable bonds is 5. The predicted molar refractivity (Wildman–Crippen MR) is 48.5 cm³/mol. The van der Waals surface area contributed by atoms with Gasteiger partial charge >= 0.3 is 0 Å². The molecular weight excluding hydrogens is 138 g/mol. The zero-order valence-corrected chi connectivity index (χ0v) is 8.13. The van der Waals surface area contributed by atoms with Gasteiger partial charge in [-0.15, -0.1) is 0 Å². The fourth-order valence-electron chi connectivity index (χ4n) is 1.11. The van der Waals surface area contributed by atoms with Crippen molar-refractivity contribution in [2.45, 2.75) is 46.3 Å². The molecule has 0 radical (unpaired) electrons. The first-order valence-electron chi connectivity index (χ1n) is 4.50. The van der Waals surface area contributed by atoms with Crippen LogP contribution in [0.5, 0.6) is 0 Å². The fourth-order valence-corrected chi connectivity index (χ4v) is 1.11. The third-order valence-electron chi connectivity index (χ3n) is 2.27. The highest BCUT2D eigenvalue weighted by atomic mass is 16.5. The minimum absolute atomic E-state index is 0.181. The van der Waals surface area contributed by atoms with E-state index in [9.17, 15) is 0 Å². The molecule has 0 aromatic heterocycles. The molecule has 3 atom stereocenters. The van der Waals surface area contributed by atoms with Crippen molar-refractivity contribution in [1.82, 2.24) is 0 Å². The zero-order valence-electron chi connectivity index (χ0n) is 8.13. The van der Waals surface area contributed by atoms with Crippen LogP contribution < -0.4 is 5.73 Å². The van der Waals surface area contributed by atoms with E-state index >= 15 is 0 Å². The maximum absolute atomic E-state index is 5.93. The lowest BCUT2D eigenvalue weighted by Gasteiger charge is -2.24. The molecule has 2 heteroatoms. The van der Waals surface area contributed by atoms with Crippen LogP contribution in [0.1, 0.15) is 34.1 Å². The lowest BCUT2D eigenvalue weighted by atomic mass is 9.96. The molecule has 0 saturated carbocycles. The summed E-state index contributed by atoms with van der Waals surface area (Å²) >= 11 is 0. The zero-order chi connectivity index (χ0) is 8.85. The smallest absolute Gasteiger partial charge is 0.0700 e. The average molecular weight is 159 g/mol. The van der Waals surface area contributed by atoms with Gasteiger partial charge in [0.1, 0.15) is 0 Å². The van der Waals surface area contributed by atoms with Gasteiger partial charge in [0.15, 0.2) is 0 Å². The molecule has 68 valence electrons. The van der Waals surface area contributed by atoms with Crippen molar-refractivity contribution in [2.24, 2.45) is 11.7 Å². The Balaban J connectivity index is 3.70. The first-order chi connectivity index (χ1) is 5.13. The Morgan fingerprint density at radius 3 is 2.18 bits per heavy atom. The maximum Gasteiger partial charge on any atom is 0.0700 e. The van der Waals surface area contributed by atoms with E-state index < -0.39 is 0 Å². The monoisotopic (exact) mass is 159 g/mol. The Labute approximate surface area is 70.1 Å². The second-order valence-electron chi connectivity index (χ2n) is 3.12.